The summed E-state index contributed by atoms with van der Waals surface area (Å²) in [5.41, 5.74) is 7.33. The number of ether oxygens (including phenoxy) is 2. The van der Waals surface area contributed by atoms with E-state index in [1.807, 2.05) is 24.3 Å². The maximum absolute atomic E-state index is 6.55. The Labute approximate surface area is 116 Å². The van der Waals surface area contributed by atoms with Crippen molar-refractivity contribution >= 4 is 0 Å². The molecule has 1 aromatic carbocycles. The number of nitrogens with two attached hydrogens (primary N) is 1. The van der Waals surface area contributed by atoms with Gasteiger partial charge in [0.25, 0.3) is 0 Å². The fourth-order valence-electron chi connectivity index (χ4n) is 3.35. The predicted octanol–water partition coefficient (Wildman–Crippen LogP) is 3.29. The minimum atomic E-state index is -0.258. The van der Waals surface area contributed by atoms with Crippen LogP contribution in [0.3, 0.4) is 0 Å². The molecule has 3 unspecified atom stereocenters. The molecule has 0 bridgehead atoms. The van der Waals surface area contributed by atoms with Crippen LogP contribution in [0.1, 0.15) is 44.2 Å². The van der Waals surface area contributed by atoms with Crippen molar-refractivity contribution in [2.75, 3.05) is 14.2 Å². The van der Waals surface area contributed by atoms with E-state index in [-0.39, 0.29) is 11.6 Å². The van der Waals surface area contributed by atoms with E-state index in [4.69, 9.17) is 15.2 Å². The topological polar surface area (TPSA) is 44.5 Å². The molecule has 0 spiro atoms. The molecule has 3 heteroatoms. The largest absolute Gasteiger partial charge is 0.496 e. The van der Waals surface area contributed by atoms with Crippen LogP contribution < -0.4 is 10.5 Å². The van der Waals surface area contributed by atoms with Crippen molar-refractivity contribution < 1.29 is 9.47 Å². The molecule has 19 heavy (non-hydrogen) atoms. The first kappa shape index (κ1) is 14.4. The molecule has 106 valence electrons. The lowest BCUT2D eigenvalue weighted by Gasteiger charge is -2.43. The van der Waals surface area contributed by atoms with Crippen LogP contribution in [0.4, 0.5) is 0 Å². The molecule has 0 saturated heterocycles. The van der Waals surface area contributed by atoms with Gasteiger partial charge in [0, 0.05) is 12.7 Å². The first-order chi connectivity index (χ1) is 9.13. The highest BCUT2D eigenvalue weighted by Crippen LogP contribution is 2.43. The summed E-state index contributed by atoms with van der Waals surface area (Å²) < 4.78 is 11.3. The van der Waals surface area contributed by atoms with Crippen molar-refractivity contribution in [1.82, 2.24) is 0 Å². The first-order valence-electron chi connectivity index (χ1n) is 7.06. The molecule has 0 aromatic heterocycles. The highest BCUT2D eigenvalue weighted by Gasteiger charge is 2.41. The molecule has 0 heterocycles. The monoisotopic (exact) mass is 263 g/mol. The summed E-state index contributed by atoms with van der Waals surface area (Å²) in [5, 5.41) is 0. The number of benzene rings is 1. The third-order valence-electron chi connectivity index (χ3n) is 4.44. The zero-order valence-corrected chi connectivity index (χ0v) is 12.2. The van der Waals surface area contributed by atoms with Gasteiger partial charge in [0.05, 0.1) is 18.8 Å². The van der Waals surface area contributed by atoms with Gasteiger partial charge < -0.3 is 15.2 Å². The van der Waals surface area contributed by atoms with Crippen molar-refractivity contribution in [3.8, 4) is 5.75 Å². The fourth-order valence-corrected chi connectivity index (χ4v) is 3.35. The Balaban J connectivity index is 2.32. The summed E-state index contributed by atoms with van der Waals surface area (Å²) in [6.07, 6.45) is 4.48. The van der Waals surface area contributed by atoms with Gasteiger partial charge in [-0.3, -0.25) is 0 Å². The molecule has 0 radical (unpaired) electrons. The second-order valence-electron chi connectivity index (χ2n) is 5.69. The van der Waals surface area contributed by atoms with Crippen LogP contribution in [0.15, 0.2) is 24.3 Å². The van der Waals surface area contributed by atoms with Crippen LogP contribution in [-0.2, 0) is 4.74 Å². The van der Waals surface area contributed by atoms with E-state index < -0.39 is 0 Å². The maximum Gasteiger partial charge on any atom is 0.123 e. The number of para-hydroxylation sites is 1. The van der Waals surface area contributed by atoms with Gasteiger partial charge in [0.15, 0.2) is 0 Å². The second kappa shape index (κ2) is 5.93. The van der Waals surface area contributed by atoms with Gasteiger partial charge in [-0.15, -0.1) is 0 Å². The lowest BCUT2D eigenvalue weighted by Crippen LogP contribution is -2.46. The van der Waals surface area contributed by atoms with E-state index in [2.05, 4.69) is 6.92 Å². The van der Waals surface area contributed by atoms with Crippen LogP contribution in [0.2, 0.25) is 0 Å². The van der Waals surface area contributed by atoms with E-state index in [1.165, 1.54) is 12.8 Å². The normalized spacial score (nSPS) is 28.9. The molecule has 1 aliphatic carbocycles. The Morgan fingerprint density at radius 3 is 2.68 bits per heavy atom. The first-order valence-corrected chi connectivity index (χ1v) is 7.06. The molecule has 1 fully saturated rings. The molecule has 1 aliphatic rings. The van der Waals surface area contributed by atoms with Crippen LogP contribution in [0, 0.1) is 5.92 Å². The SMILES string of the molecule is COc1ccccc1C(N)C1(OC)CCCC(C)C1. The van der Waals surface area contributed by atoms with Gasteiger partial charge in [-0.1, -0.05) is 38.0 Å². The molecule has 0 aliphatic heterocycles. The lowest BCUT2D eigenvalue weighted by molar-refractivity contribution is -0.0721. The minimum absolute atomic E-state index is 0.142. The van der Waals surface area contributed by atoms with Crippen LogP contribution in [0.5, 0.6) is 5.75 Å². The summed E-state index contributed by atoms with van der Waals surface area (Å²) in [6.45, 7) is 2.28. The predicted molar refractivity (Wildman–Crippen MR) is 77.3 cm³/mol. The zero-order valence-electron chi connectivity index (χ0n) is 12.2. The average Bonchev–Trinajstić information content (AvgIpc) is 2.46. The highest BCUT2D eigenvalue weighted by atomic mass is 16.5. The standard InChI is InChI=1S/C16H25NO2/c1-12-7-6-10-16(11-12,19-3)15(17)13-8-4-5-9-14(13)18-2/h4-5,8-9,12,15H,6-7,10-11,17H2,1-3H3. The van der Waals surface area contributed by atoms with Crippen LogP contribution in [-0.4, -0.2) is 19.8 Å². The van der Waals surface area contributed by atoms with Gasteiger partial charge in [-0.25, -0.2) is 0 Å². The molecule has 1 saturated carbocycles. The summed E-state index contributed by atoms with van der Waals surface area (Å²) in [6, 6.07) is 7.84. The Kier molecular flexibility index (Phi) is 4.48. The summed E-state index contributed by atoms with van der Waals surface area (Å²) in [4.78, 5) is 0. The van der Waals surface area contributed by atoms with Crippen LogP contribution in [0.25, 0.3) is 0 Å². The van der Waals surface area contributed by atoms with Crippen molar-refractivity contribution in [2.24, 2.45) is 11.7 Å². The van der Waals surface area contributed by atoms with Gasteiger partial charge in [0.1, 0.15) is 5.75 Å². The van der Waals surface area contributed by atoms with Crippen molar-refractivity contribution in [2.45, 2.75) is 44.2 Å². The Bertz CT molecular complexity index is 421. The molecular weight excluding hydrogens is 238 g/mol. The average molecular weight is 263 g/mol. The third kappa shape index (κ3) is 2.77. The minimum Gasteiger partial charge on any atom is -0.496 e. The molecule has 2 rings (SSSR count). The summed E-state index contributed by atoms with van der Waals surface area (Å²) in [5.74, 6) is 1.51. The van der Waals surface area contributed by atoms with Gasteiger partial charge in [-0.2, -0.15) is 0 Å². The molecule has 1 aromatic rings. The van der Waals surface area contributed by atoms with Gasteiger partial charge in [0.2, 0.25) is 0 Å². The van der Waals surface area contributed by atoms with E-state index in [1.54, 1.807) is 14.2 Å². The number of hydrogen-bond acceptors (Lipinski definition) is 3. The zero-order chi connectivity index (χ0) is 13.9. The molecular formula is C16H25NO2. The van der Waals surface area contributed by atoms with E-state index in [9.17, 15) is 0 Å². The molecule has 0 amide bonds. The quantitative estimate of drug-likeness (QED) is 0.906. The number of hydrogen-bond donors (Lipinski definition) is 1. The van der Waals surface area contributed by atoms with Crippen molar-refractivity contribution in [3.63, 3.8) is 0 Å². The van der Waals surface area contributed by atoms with Crippen molar-refractivity contribution in [1.29, 1.82) is 0 Å². The smallest absolute Gasteiger partial charge is 0.123 e. The number of rotatable bonds is 4. The van der Waals surface area contributed by atoms with Gasteiger partial charge >= 0.3 is 0 Å². The second-order valence-corrected chi connectivity index (χ2v) is 5.69. The fraction of sp³-hybridized carbons (Fsp3) is 0.625. The van der Waals surface area contributed by atoms with E-state index >= 15 is 0 Å². The van der Waals surface area contributed by atoms with E-state index in [0.29, 0.717) is 5.92 Å². The van der Waals surface area contributed by atoms with Gasteiger partial charge in [-0.05, 0) is 24.8 Å². The molecule has 3 atom stereocenters. The van der Waals surface area contributed by atoms with Crippen molar-refractivity contribution in [3.05, 3.63) is 29.8 Å². The Morgan fingerprint density at radius 2 is 2.05 bits per heavy atom. The highest BCUT2D eigenvalue weighted by molar-refractivity contribution is 5.37. The molecule has 3 nitrogen and oxygen atoms in total. The Morgan fingerprint density at radius 1 is 1.32 bits per heavy atom. The maximum atomic E-state index is 6.55. The molecule has 2 N–H and O–H groups in total. The number of methoxy groups -OCH3 is 2. The summed E-state index contributed by atoms with van der Waals surface area (Å²) in [7, 11) is 3.47. The summed E-state index contributed by atoms with van der Waals surface area (Å²) >= 11 is 0. The van der Waals surface area contributed by atoms with E-state index in [0.717, 1.165) is 24.2 Å². The third-order valence-corrected chi connectivity index (χ3v) is 4.44. The Hall–Kier alpha value is -1.06. The van der Waals surface area contributed by atoms with Crippen LogP contribution >= 0.6 is 0 Å². The lowest BCUT2D eigenvalue weighted by atomic mass is 9.73.